The number of nitrogens with two attached hydrogens (primary N) is 2. The molecule has 0 spiro atoms. The van der Waals surface area contributed by atoms with Crippen molar-refractivity contribution < 1.29 is 36.2 Å². The zero-order chi connectivity index (χ0) is 36.3. The van der Waals surface area contributed by atoms with Crippen molar-refractivity contribution in [1.82, 2.24) is 19.9 Å². The molecule has 50 heavy (non-hydrogen) atoms. The summed E-state index contributed by atoms with van der Waals surface area (Å²) in [6.45, 7) is 3.54. The van der Waals surface area contributed by atoms with Gasteiger partial charge in [0.25, 0.3) is 0 Å². The van der Waals surface area contributed by atoms with Crippen LogP contribution < -0.4 is 21.5 Å². The maximum atomic E-state index is 17.0. The third kappa shape index (κ3) is 5.73. The SMILES string of the molecule is C[C@@H](Nc1nc(OC[C@]2(C)C/C(=C\F)CN2C)nc2c(F)c(-c3ccc(F)c4sc(N)c(C#N)c34)c(C(F)(F)F)c(O)c12)c1cccnc1N. The fourth-order valence-electron chi connectivity index (χ4n) is 6.21. The van der Waals surface area contributed by atoms with Crippen molar-refractivity contribution in [1.29, 1.82) is 5.26 Å². The molecule has 6 rings (SSSR count). The van der Waals surface area contributed by atoms with Crippen molar-refractivity contribution in [3.63, 3.8) is 0 Å². The number of nitrogens with zero attached hydrogens (tertiary/aromatic N) is 5. The predicted octanol–water partition coefficient (Wildman–Crippen LogP) is 7.44. The predicted molar refractivity (Wildman–Crippen MR) is 177 cm³/mol. The number of pyridine rings is 1. The lowest BCUT2D eigenvalue weighted by Gasteiger charge is -2.31. The minimum absolute atomic E-state index is 0.0913. The van der Waals surface area contributed by atoms with Crippen molar-refractivity contribution in [2.75, 3.05) is 37.0 Å². The van der Waals surface area contributed by atoms with Crippen LogP contribution in [0.2, 0.25) is 0 Å². The first-order valence-corrected chi connectivity index (χ1v) is 15.7. The topological polar surface area (TPSA) is 159 Å². The van der Waals surface area contributed by atoms with Gasteiger partial charge in [0.1, 0.15) is 52.0 Å². The van der Waals surface area contributed by atoms with Gasteiger partial charge in [0.2, 0.25) is 0 Å². The molecule has 1 aliphatic heterocycles. The van der Waals surface area contributed by atoms with Crippen LogP contribution in [0.3, 0.4) is 0 Å². The summed E-state index contributed by atoms with van der Waals surface area (Å²) in [4.78, 5) is 14.2. The van der Waals surface area contributed by atoms with E-state index in [1.807, 2.05) is 4.90 Å². The van der Waals surface area contributed by atoms with Crippen molar-refractivity contribution >= 4 is 49.0 Å². The number of hydrogen-bond acceptors (Lipinski definition) is 11. The number of aromatic nitrogens is 3. The Labute approximate surface area is 284 Å². The normalized spacial score (nSPS) is 18.2. The molecule has 17 heteroatoms. The first-order chi connectivity index (χ1) is 23.6. The minimum atomic E-state index is -5.39. The molecule has 0 radical (unpaired) electrons. The lowest BCUT2D eigenvalue weighted by atomic mass is 9.91. The van der Waals surface area contributed by atoms with Crippen molar-refractivity contribution in [2.24, 2.45) is 0 Å². The molecule has 6 N–H and O–H groups in total. The van der Waals surface area contributed by atoms with Crippen LogP contribution in [0.25, 0.3) is 32.1 Å². The van der Waals surface area contributed by atoms with Gasteiger partial charge in [-0.2, -0.15) is 28.4 Å². The first-order valence-electron chi connectivity index (χ1n) is 14.9. The number of anilines is 3. The molecule has 1 fully saturated rings. The lowest BCUT2D eigenvalue weighted by molar-refractivity contribution is -0.138. The minimum Gasteiger partial charge on any atom is -0.506 e. The van der Waals surface area contributed by atoms with E-state index in [0.717, 1.165) is 12.1 Å². The lowest BCUT2D eigenvalue weighted by Crippen LogP contribution is -2.43. The molecule has 4 heterocycles. The summed E-state index contributed by atoms with van der Waals surface area (Å²) < 4.78 is 95.8. The highest BCUT2D eigenvalue weighted by molar-refractivity contribution is 7.23. The van der Waals surface area contributed by atoms with Gasteiger partial charge < -0.3 is 26.6 Å². The fraction of sp³-hybridized carbons (Fsp3) is 0.273. The monoisotopic (exact) mass is 714 g/mol. The van der Waals surface area contributed by atoms with E-state index < -0.39 is 74.6 Å². The number of thiophene rings is 1. The van der Waals surface area contributed by atoms with E-state index in [0.29, 0.717) is 35.3 Å². The second-order valence-corrected chi connectivity index (χ2v) is 13.2. The highest BCUT2D eigenvalue weighted by Crippen LogP contribution is 2.52. The molecule has 1 aliphatic rings. The second kappa shape index (κ2) is 12.5. The number of likely N-dealkylation sites (N-methyl/N-ethyl adjacent to an activating group) is 1. The number of nitrogens with one attached hydrogen (secondary N) is 1. The smallest absolute Gasteiger partial charge is 0.420 e. The van der Waals surface area contributed by atoms with Gasteiger partial charge in [0.05, 0.1) is 33.6 Å². The Morgan fingerprint density at radius 2 is 1.96 bits per heavy atom. The van der Waals surface area contributed by atoms with Gasteiger partial charge in [-0.3, -0.25) is 4.90 Å². The summed E-state index contributed by atoms with van der Waals surface area (Å²) in [5.41, 5.74) is 7.38. The molecule has 2 atom stereocenters. The van der Waals surface area contributed by atoms with E-state index in [1.54, 1.807) is 39.1 Å². The molecule has 0 amide bonds. The number of phenols is 1. The summed E-state index contributed by atoms with van der Waals surface area (Å²) in [5.74, 6) is -4.25. The van der Waals surface area contributed by atoms with E-state index in [2.05, 4.69) is 20.3 Å². The number of hydrogen-bond donors (Lipinski definition) is 4. The van der Waals surface area contributed by atoms with E-state index >= 15 is 4.39 Å². The summed E-state index contributed by atoms with van der Waals surface area (Å²) in [6, 6.07) is 5.35. The maximum Gasteiger partial charge on any atom is 0.420 e. The number of aromatic hydroxyl groups is 1. The molecule has 0 unspecified atom stereocenters. The third-order valence-corrected chi connectivity index (χ3v) is 9.88. The van der Waals surface area contributed by atoms with Gasteiger partial charge >= 0.3 is 12.2 Å². The zero-order valence-corrected chi connectivity index (χ0v) is 27.4. The second-order valence-electron chi connectivity index (χ2n) is 12.2. The number of nitriles is 1. The Morgan fingerprint density at radius 3 is 2.60 bits per heavy atom. The van der Waals surface area contributed by atoms with Crippen LogP contribution in [0, 0.1) is 23.0 Å². The maximum absolute atomic E-state index is 17.0. The van der Waals surface area contributed by atoms with Crippen LogP contribution in [0.1, 0.15) is 43.0 Å². The van der Waals surface area contributed by atoms with E-state index in [1.165, 1.54) is 6.20 Å². The Bertz CT molecular complexity index is 2250. The summed E-state index contributed by atoms with van der Waals surface area (Å²) >= 11 is 0.608. The number of halogens is 6. The molecular weight excluding hydrogens is 686 g/mol. The van der Waals surface area contributed by atoms with Crippen molar-refractivity contribution in [2.45, 2.75) is 38.0 Å². The number of nitrogen functional groups attached to an aromatic ring is 2. The van der Waals surface area contributed by atoms with E-state index in [9.17, 15) is 32.3 Å². The largest absolute Gasteiger partial charge is 0.506 e. The highest BCUT2D eigenvalue weighted by atomic mass is 32.1. The number of benzene rings is 2. The van der Waals surface area contributed by atoms with Gasteiger partial charge in [-0.25, -0.2) is 18.2 Å². The van der Waals surface area contributed by atoms with Crippen LogP contribution in [-0.4, -0.2) is 50.7 Å². The molecule has 2 aromatic carbocycles. The summed E-state index contributed by atoms with van der Waals surface area (Å²) in [5, 5.41) is 22.8. The van der Waals surface area contributed by atoms with Crippen molar-refractivity contribution in [3.05, 3.63) is 70.7 Å². The molecule has 260 valence electrons. The van der Waals surface area contributed by atoms with Gasteiger partial charge in [0.15, 0.2) is 5.82 Å². The Hall–Kier alpha value is -5.34. The average Bonchev–Trinajstić information content (AvgIpc) is 3.56. The first kappa shape index (κ1) is 34.5. The van der Waals surface area contributed by atoms with Crippen molar-refractivity contribution in [3.8, 4) is 29.0 Å². The molecular formula is C33H28F6N8O2S. The van der Waals surface area contributed by atoms with Crippen LogP contribution in [0.15, 0.2) is 42.4 Å². The highest BCUT2D eigenvalue weighted by Gasteiger charge is 2.43. The van der Waals surface area contributed by atoms with Crippen LogP contribution in [0.4, 0.5) is 43.0 Å². The molecule has 3 aromatic heterocycles. The Morgan fingerprint density at radius 1 is 1.22 bits per heavy atom. The Kier molecular flexibility index (Phi) is 8.64. The van der Waals surface area contributed by atoms with E-state index in [-0.39, 0.29) is 39.5 Å². The summed E-state index contributed by atoms with van der Waals surface area (Å²) in [7, 11) is 1.74. The number of alkyl halides is 3. The average molecular weight is 715 g/mol. The molecule has 0 bridgehead atoms. The zero-order valence-electron chi connectivity index (χ0n) is 26.6. The molecule has 5 aromatic rings. The molecule has 0 saturated carbocycles. The quantitative estimate of drug-likeness (QED) is 0.125. The van der Waals surface area contributed by atoms with Gasteiger partial charge in [-0.1, -0.05) is 12.1 Å². The number of rotatable bonds is 7. The van der Waals surface area contributed by atoms with Crippen LogP contribution in [0.5, 0.6) is 11.8 Å². The molecule has 10 nitrogen and oxygen atoms in total. The standard InChI is InChI=1S/C33H28F6N8O2S/c1-14(16-5-4-8-43-28(16)41)44-30-22-25(45-31(46-30)49-13-32(2)9-15(10-34)12-47(32)3)24(36)21(23(26(22)48)33(37,38)39)17-6-7-19(35)27-20(17)18(11-40)29(42)50-27/h4-8,10,14,48H,9,12-13,42H2,1-3H3,(H2,41,43)(H,44,45,46)/b15-10+/t14-,32+/m1/s1. The number of phenolic OH excluding ortho intramolecular Hbond substituents is 1. The van der Waals surface area contributed by atoms with Crippen LogP contribution >= 0.6 is 11.3 Å². The van der Waals surface area contributed by atoms with Gasteiger partial charge in [0, 0.05) is 29.3 Å². The van der Waals surface area contributed by atoms with Crippen LogP contribution in [-0.2, 0) is 6.18 Å². The van der Waals surface area contributed by atoms with Gasteiger partial charge in [-0.05, 0) is 50.6 Å². The number of likely N-dealkylation sites (tertiary alicyclic amines) is 1. The van der Waals surface area contributed by atoms with Gasteiger partial charge in [-0.15, -0.1) is 11.3 Å². The number of fused-ring (bicyclic) bond motifs is 2. The fourth-order valence-corrected chi connectivity index (χ4v) is 7.16. The summed E-state index contributed by atoms with van der Waals surface area (Å²) in [6.07, 6.45) is -3.18. The Balaban J connectivity index is 1.63. The third-order valence-electron chi connectivity index (χ3n) is 8.85. The molecule has 1 saturated heterocycles. The molecule has 0 aliphatic carbocycles. The van der Waals surface area contributed by atoms with E-state index in [4.69, 9.17) is 16.2 Å². The number of ether oxygens (including phenoxy) is 1.